The molecule has 1 atom stereocenters. The maximum Gasteiger partial charge on any atom is 0.451 e. The molecule has 9 nitrogen and oxygen atoms in total. The summed E-state index contributed by atoms with van der Waals surface area (Å²) < 4.78 is 71.0. The van der Waals surface area contributed by atoms with E-state index in [1.807, 2.05) is 0 Å². The second kappa shape index (κ2) is 9.14. The van der Waals surface area contributed by atoms with E-state index in [2.05, 4.69) is 15.5 Å². The standard InChI is InChI=1S/C17H20F3N5O4S2/c1-11(30-16-23-22-15(24(16)2)17(18,19)20)14(26)21-12-3-5-13(6-4-12)31(27,28)25-7-9-29-10-8-25/h3-6,11H,7-10H2,1-2H3,(H,21,26). The number of aromatic nitrogens is 3. The first kappa shape index (κ1) is 23.5. The van der Waals surface area contributed by atoms with Crippen molar-refractivity contribution < 1.29 is 31.1 Å². The van der Waals surface area contributed by atoms with Gasteiger partial charge < -0.3 is 14.6 Å². The van der Waals surface area contributed by atoms with E-state index < -0.39 is 33.2 Å². The Morgan fingerprint density at radius 1 is 1.19 bits per heavy atom. The van der Waals surface area contributed by atoms with Crippen LogP contribution in [0.5, 0.6) is 0 Å². The van der Waals surface area contributed by atoms with E-state index in [4.69, 9.17) is 4.74 Å². The third-order valence-corrected chi connectivity index (χ3v) is 7.52. The number of hydrogen-bond acceptors (Lipinski definition) is 7. The van der Waals surface area contributed by atoms with Gasteiger partial charge in [-0.05, 0) is 31.2 Å². The number of rotatable bonds is 6. The minimum absolute atomic E-state index is 0.0538. The number of nitrogens with one attached hydrogen (secondary N) is 1. The van der Waals surface area contributed by atoms with Crippen LogP contribution in [-0.4, -0.2) is 64.9 Å². The molecule has 170 valence electrons. The van der Waals surface area contributed by atoms with Crippen LogP contribution in [0.3, 0.4) is 0 Å². The lowest BCUT2D eigenvalue weighted by molar-refractivity contribution is -0.147. The van der Waals surface area contributed by atoms with Crippen molar-refractivity contribution in [2.45, 2.75) is 28.4 Å². The molecule has 1 N–H and O–H groups in total. The Morgan fingerprint density at radius 2 is 1.81 bits per heavy atom. The molecule has 1 amide bonds. The van der Waals surface area contributed by atoms with Gasteiger partial charge in [0.1, 0.15) is 0 Å². The van der Waals surface area contributed by atoms with Crippen LogP contribution in [0.1, 0.15) is 12.7 Å². The van der Waals surface area contributed by atoms with Crippen molar-refractivity contribution in [3.05, 3.63) is 30.1 Å². The van der Waals surface area contributed by atoms with Crippen molar-refractivity contribution in [3.8, 4) is 0 Å². The van der Waals surface area contributed by atoms with E-state index in [-0.39, 0.29) is 23.1 Å². The smallest absolute Gasteiger partial charge is 0.379 e. The number of halogens is 3. The van der Waals surface area contributed by atoms with Crippen LogP contribution in [0.2, 0.25) is 0 Å². The monoisotopic (exact) mass is 479 g/mol. The molecule has 1 unspecified atom stereocenters. The molecule has 0 spiro atoms. The molecule has 2 aromatic rings. The van der Waals surface area contributed by atoms with Crippen molar-refractivity contribution >= 4 is 33.4 Å². The Morgan fingerprint density at radius 3 is 2.35 bits per heavy atom. The maximum absolute atomic E-state index is 12.8. The summed E-state index contributed by atoms with van der Waals surface area (Å²) in [5, 5.41) is 8.39. The number of morpholine rings is 1. The molecule has 1 aliphatic rings. The molecular weight excluding hydrogens is 459 g/mol. The Hall–Kier alpha value is -2.16. The topological polar surface area (TPSA) is 106 Å². The van der Waals surface area contributed by atoms with Gasteiger partial charge in [0.05, 0.1) is 23.4 Å². The predicted molar refractivity (Wildman–Crippen MR) is 106 cm³/mol. The van der Waals surface area contributed by atoms with Crippen LogP contribution in [-0.2, 0) is 32.8 Å². The Kier molecular flexibility index (Phi) is 6.93. The van der Waals surface area contributed by atoms with Gasteiger partial charge >= 0.3 is 6.18 Å². The Labute approximate surface area is 181 Å². The summed E-state index contributed by atoms with van der Waals surface area (Å²) in [5.74, 6) is -1.63. The largest absolute Gasteiger partial charge is 0.451 e. The average Bonchev–Trinajstić information content (AvgIpc) is 3.09. The summed E-state index contributed by atoms with van der Waals surface area (Å²) in [5.41, 5.74) is 0.354. The molecule has 31 heavy (non-hydrogen) atoms. The lowest BCUT2D eigenvalue weighted by Gasteiger charge is -2.26. The normalized spacial score (nSPS) is 16.8. The molecule has 0 radical (unpaired) electrons. The van der Waals surface area contributed by atoms with Gasteiger partial charge in [-0.3, -0.25) is 4.79 Å². The SMILES string of the molecule is CC(Sc1nnc(C(F)(F)F)n1C)C(=O)Nc1ccc(S(=O)(=O)N2CCOCC2)cc1. The zero-order chi connectivity index (χ0) is 22.8. The average molecular weight is 480 g/mol. The second-order valence-electron chi connectivity index (χ2n) is 6.65. The number of amides is 1. The van der Waals surface area contributed by atoms with Crippen molar-refractivity contribution in [2.75, 3.05) is 31.6 Å². The molecule has 1 aromatic carbocycles. The number of nitrogens with zero attached hydrogens (tertiary/aromatic N) is 4. The minimum Gasteiger partial charge on any atom is -0.379 e. The highest BCUT2D eigenvalue weighted by Gasteiger charge is 2.38. The van der Waals surface area contributed by atoms with Crippen molar-refractivity contribution in [3.63, 3.8) is 0 Å². The van der Waals surface area contributed by atoms with Gasteiger partial charge in [-0.15, -0.1) is 10.2 Å². The summed E-state index contributed by atoms with van der Waals surface area (Å²) >= 11 is 0.824. The third-order valence-electron chi connectivity index (χ3n) is 4.47. The number of sulfonamides is 1. The highest BCUT2D eigenvalue weighted by atomic mass is 32.2. The van der Waals surface area contributed by atoms with E-state index >= 15 is 0 Å². The molecule has 1 aliphatic heterocycles. The van der Waals surface area contributed by atoms with Crippen LogP contribution >= 0.6 is 11.8 Å². The Balaban J connectivity index is 1.63. The fourth-order valence-corrected chi connectivity index (χ4v) is 4.99. The summed E-state index contributed by atoms with van der Waals surface area (Å²) in [6.45, 7) is 2.72. The van der Waals surface area contributed by atoms with Gasteiger partial charge in [0.25, 0.3) is 0 Å². The number of carbonyl (C=O) groups excluding carboxylic acids is 1. The third kappa shape index (κ3) is 5.37. The van der Waals surface area contributed by atoms with Crippen LogP contribution in [0.4, 0.5) is 18.9 Å². The molecule has 1 aromatic heterocycles. The van der Waals surface area contributed by atoms with Crippen LogP contribution < -0.4 is 5.32 Å². The molecule has 14 heteroatoms. The van der Waals surface area contributed by atoms with E-state index in [9.17, 15) is 26.4 Å². The highest BCUT2D eigenvalue weighted by molar-refractivity contribution is 8.00. The number of alkyl halides is 3. The second-order valence-corrected chi connectivity index (χ2v) is 9.90. The maximum atomic E-state index is 12.8. The number of hydrogen-bond donors (Lipinski definition) is 1. The molecule has 2 heterocycles. The number of carbonyl (C=O) groups is 1. The number of ether oxygens (including phenoxy) is 1. The molecular formula is C17H20F3N5O4S2. The van der Waals surface area contributed by atoms with Gasteiger partial charge in [0.15, 0.2) is 5.16 Å². The quantitative estimate of drug-likeness (QED) is 0.632. The summed E-state index contributed by atoms with van der Waals surface area (Å²) in [6.07, 6.45) is -4.64. The van der Waals surface area contributed by atoms with E-state index in [1.54, 1.807) is 0 Å². The first-order valence-electron chi connectivity index (χ1n) is 9.12. The summed E-state index contributed by atoms with van der Waals surface area (Å²) in [6, 6.07) is 5.67. The molecule has 0 saturated carbocycles. The molecule has 1 fully saturated rings. The summed E-state index contributed by atoms with van der Waals surface area (Å²) in [7, 11) is -2.48. The molecule has 1 saturated heterocycles. The molecule has 0 aliphatic carbocycles. The number of benzene rings is 1. The zero-order valence-corrected chi connectivity index (χ0v) is 18.2. The van der Waals surface area contributed by atoms with Crippen molar-refractivity contribution in [1.82, 2.24) is 19.1 Å². The van der Waals surface area contributed by atoms with Crippen LogP contribution in [0.25, 0.3) is 0 Å². The van der Waals surface area contributed by atoms with E-state index in [1.165, 1.54) is 42.5 Å². The number of thioether (sulfide) groups is 1. The first-order valence-corrected chi connectivity index (χ1v) is 11.4. The van der Waals surface area contributed by atoms with E-state index in [0.29, 0.717) is 18.9 Å². The minimum atomic E-state index is -4.64. The van der Waals surface area contributed by atoms with Crippen molar-refractivity contribution in [1.29, 1.82) is 0 Å². The predicted octanol–water partition coefficient (Wildman–Crippen LogP) is 1.97. The first-order chi connectivity index (χ1) is 14.5. The van der Waals surface area contributed by atoms with Crippen LogP contribution in [0.15, 0.2) is 34.3 Å². The Bertz CT molecular complexity index is 1040. The fraction of sp³-hybridized carbons (Fsp3) is 0.471. The lowest BCUT2D eigenvalue weighted by atomic mass is 10.3. The van der Waals surface area contributed by atoms with Crippen LogP contribution in [0, 0.1) is 0 Å². The molecule has 3 rings (SSSR count). The van der Waals surface area contributed by atoms with E-state index in [0.717, 1.165) is 16.3 Å². The van der Waals surface area contributed by atoms with Gasteiger partial charge in [-0.25, -0.2) is 8.42 Å². The summed E-state index contributed by atoms with van der Waals surface area (Å²) in [4.78, 5) is 12.5. The van der Waals surface area contributed by atoms with Crippen molar-refractivity contribution in [2.24, 2.45) is 7.05 Å². The van der Waals surface area contributed by atoms with Gasteiger partial charge in [-0.2, -0.15) is 17.5 Å². The fourth-order valence-electron chi connectivity index (χ4n) is 2.77. The number of anilines is 1. The highest BCUT2D eigenvalue weighted by Crippen LogP contribution is 2.31. The zero-order valence-electron chi connectivity index (χ0n) is 16.6. The lowest BCUT2D eigenvalue weighted by Crippen LogP contribution is -2.40. The van der Waals surface area contributed by atoms with Gasteiger partial charge in [-0.1, -0.05) is 11.8 Å². The molecule has 0 bridgehead atoms. The van der Waals surface area contributed by atoms with Gasteiger partial charge in [0.2, 0.25) is 21.8 Å². The van der Waals surface area contributed by atoms with Gasteiger partial charge in [0, 0.05) is 25.8 Å².